The van der Waals surface area contributed by atoms with Gasteiger partial charge in [0.1, 0.15) is 18.6 Å². The van der Waals surface area contributed by atoms with Crippen LogP contribution in [0.15, 0.2) is 77.6 Å². The Hall–Kier alpha value is -4.07. The number of nitrogens with zero attached hydrogens (tertiary/aromatic N) is 4. The Morgan fingerprint density at radius 1 is 1.00 bits per heavy atom. The van der Waals surface area contributed by atoms with E-state index in [0.717, 1.165) is 11.1 Å². The number of nitrogens with one attached hydrogen (secondary N) is 1. The minimum atomic E-state index is -0.392. The first-order chi connectivity index (χ1) is 14.3. The Balaban J connectivity index is 1.35. The van der Waals surface area contributed by atoms with Gasteiger partial charge in [-0.2, -0.15) is 4.98 Å². The van der Waals surface area contributed by atoms with E-state index in [9.17, 15) is 4.79 Å². The average Bonchev–Trinajstić information content (AvgIpc) is 3.27. The van der Waals surface area contributed by atoms with Crippen molar-refractivity contribution in [1.29, 1.82) is 0 Å². The van der Waals surface area contributed by atoms with Crippen LogP contribution in [-0.4, -0.2) is 26.0 Å². The Bertz CT molecular complexity index is 1080. The van der Waals surface area contributed by atoms with Gasteiger partial charge in [-0.1, -0.05) is 65.8 Å². The standard InChI is InChI=1S/C21H17N5O3/c27-21(22-12-19-25-20(26-29-19)16-9-5-2-6-10-16)17-11-18(24-14-23-17)28-13-15-7-3-1-4-8-15/h1-11,14H,12-13H2,(H,22,27). The fraction of sp³-hybridized carbons (Fsp3) is 0.0952. The van der Waals surface area contributed by atoms with Gasteiger partial charge in [-0.05, 0) is 5.56 Å². The van der Waals surface area contributed by atoms with Gasteiger partial charge in [0.05, 0.1) is 6.54 Å². The quantitative estimate of drug-likeness (QED) is 0.520. The molecule has 0 saturated carbocycles. The molecule has 144 valence electrons. The number of aromatic nitrogens is 4. The lowest BCUT2D eigenvalue weighted by Crippen LogP contribution is -2.24. The normalized spacial score (nSPS) is 10.5. The van der Waals surface area contributed by atoms with Crippen LogP contribution >= 0.6 is 0 Å². The number of hydrogen-bond donors (Lipinski definition) is 1. The van der Waals surface area contributed by atoms with Gasteiger partial charge in [-0.25, -0.2) is 9.97 Å². The molecule has 0 bridgehead atoms. The largest absolute Gasteiger partial charge is 0.473 e. The lowest BCUT2D eigenvalue weighted by Gasteiger charge is -2.06. The molecule has 0 aliphatic heterocycles. The predicted octanol–water partition coefficient (Wildman–Crippen LogP) is 3.04. The van der Waals surface area contributed by atoms with Crippen molar-refractivity contribution in [1.82, 2.24) is 25.4 Å². The van der Waals surface area contributed by atoms with Crippen molar-refractivity contribution >= 4 is 5.91 Å². The summed E-state index contributed by atoms with van der Waals surface area (Å²) in [6, 6.07) is 20.6. The van der Waals surface area contributed by atoms with E-state index < -0.39 is 5.91 Å². The fourth-order valence-electron chi connectivity index (χ4n) is 2.55. The molecule has 0 fully saturated rings. The summed E-state index contributed by atoms with van der Waals surface area (Å²) in [5, 5.41) is 6.62. The van der Waals surface area contributed by atoms with Crippen molar-refractivity contribution in [3.63, 3.8) is 0 Å². The zero-order valence-corrected chi connectivity index (χ0v) is 15.4. The van der Waals surface area contributed by atoms with E-state index in [2.05, 4.69) is 25.4 Å². The van der Waals surface area contributed by atoms with E-state index in [1.807, 2.05) is 60.7 Å². The van der Waals surface area contributed by atoms with Gasteiger partial charge in [-0.3, -0.25) is 4.79 Å². The molecule has 2 heterocycles. The zero-order valence-electron chi connectivity index (χ0n) is 15.4. The highest BCUT2D eigenvalue weighted by atomic mass is 16.5. The molecular formula is C21H17N5O3. The third kappa shape index (κ3) is 4.81. The van der Waals surface area contributed by atoms with Crippen LogP contribution in [-0.2, 0) is 13.2 Å². The average molecular weight is 387 g/mol. The topological polar surface area (TPSA) is 103 Å². The summed E-state index contributed by atoms with van der Waals surface area (Å²) in [5.41, 5.74) is 2.03. The molecule has 0 saturated heterocycles. The maximum Gasteiger partial charge on any atom is 0.270 e. The molecule has 0 radical (unpaired) electrons. The Labute approximate surface area is 166 Å². The smallest absolute Gasteiger partial charge is 0.270 e. The number of carbonyl (C=O) groups excluding carboxylic acids is 1. The number of carbonyl (C=O) groups is 1. The zero-order chi connectivity index (χ0) is 19.9. The highest BCUT2D eigenvalue weighted by Gasteiger charge is 2.13. The lowest BCUT2D eigenvalue weighted by atomic mass is 10.2. The second kappa shape index (κ2) is 8.75. The highest BCUT2D eigenvalue weighted by molar-refractivity contribution is 5.92. The molecule has 0 spiro atoms. The van der Waals surface area contributed by atoms with E-state index in [1.165, 1.54) is 12.4 Å². The second-order valence-electron chi connectivity index (χ2n) is 6.08. The van der Waals surface area contributed by atoms with Crippen molar-refractivity contribution in [2.45, 2.75) is 13.2 Å². The number of ether oxygens (including phenoxy) is 1. The van der Waals surface area contributed by atoms with Crippen LogP contribution in [0.4, 0.5) is 0 Å². The van der Waals surface area contributed by atoms with Crippen LogP contribution in [0.2, 0.25) is 0 Å². The SMILES string of the molecule is O=C(NCc1nc(-c2ccccc2)no1)c1cc(OCc2ccccc2)ncn1. The monoisotopic (exact) mass is 387 g/mol. The summed E-state index contributed by atoms with van der Waals surface area (Å²) in [4.78, 5) is 24.7. The lowest BCUT2D eigenvalue weighted by molar-refractivity contribution is 0.0940. The van der Waals surface area contributed by atoms with Crippen LogP contribution in [0.25, 0.3) is 11.4 Å². The third-order valence-electron chi connectivity index (χ3n) is 4.00. The highest BCUT2D eigenvalue weighted by Crippen LogP contribution is 2.15. The van der Waals surface area contributed by atoms with Gasteiger partial charge in [0.2, 0.25) is 17.6 Å². The van der Waals surface area contributed by atoms with Gasteiger partial charge < -0.3 is 14.6 Å². The minimum Gasteiger partial charge on any atom is -0.473 e. The van der Waals surface area contributed by atoms with Gasteiger partial charge >= 0.3 is 0 Å². The van der Waals surface area contributed by atoms with Crippen LogP contribution in [0.5, 0.6) is 5.88 Å². The molecule has 1 amide bonds. The summed E-state index contributed by atoms with van der Waals surface area (Å²) < 4.78 is 10.8. The summed E-state index contributed by atoms with van der Waals surface area (Å²) in [6.45, 7) is 0.437. The molecule has 2 aromatic heterocycles. The molecule has 8 nitrogen and oxygen atoms in total. The third-order valence-corrected chi connectivity index (χ3v) is 4.00. The summed E-state index contributed by atoms with van der Waals surface area (Å²) in [6.07, 6.45) is 1.29. The van der Waals surface area contributed by atoms with Crippen molar-refractivity contribution in [3.8, 4) is 17.3 Å². The van der Waals surface area contributed by atoms with Crippen molar-refractivity contribution in [2.75, 3.05) is 0 Å². The van der Waals surface area contributed by atoms with Gasteiger partial charge in [-0.15, -0.1) is 0 Å². The number of hydrogen-bond acceptors (Lipinski definition) is 7. The molecular weight excluding hydrogens is 370 g/mol. The van der Waals surface area contributed by atoms with Gasteiger partial charge in [0, 0.05) is 11.6 Å². The Morgan fingerprint density at radius 2 is 1.76 bits per heavy atom. The summed E-state index contributed by atoms with van der Waals surface area (Å²) in [5.74, 6) is 0.690. The van der Waals surface area contributed by atoms with Gasteiger partial charge in [0.15, 0.2) is 0 Å². The molecule has 0 aliphatic carbocycles. The first-order valence-corrected chi connectivity index (χ1v) is 8.93. The van der Waals surface area contributed by atoms with Crippen LogP contribution in [0.3, 0.4) is 0 Å². The molecule has 0 unspecified atom stereocenters. The van der Waals surface area contributed by atoms with Crippen molar-refractivity contribution < 1.29 is 14.1 Å². The first kappa shape index (κ1) is 18.3. The first-order valence-electron chi connectivity index (χ1n) is 8.93. The Morgan fingerprint density at radius 3 is 2.55 bits per heavy atom. The molecule has 4 aromatic rings. The summed E-state index contributed by atoms with van der Waals surface area (Å²) >= 11 is 0. The number of benzene rings is 2. The van der Waals surface area contributed by atoms with E-state index in [4.69, 9.17) is 9.26 Å². The van der Waals surface area contributed by atoms with Crippen LogP contribution in [0, 0.1) is 0 Å². The fourth-order valence-corrected chi connectivity index (χ4v) is 2.55. The second-order valence-corrected chi connectivity index (χ2v) is 6.08. The minimum absolute atomic E-state index is 0.0862. The van der Waals surface area contributed by atoms with E-state index in [1.54, 1.807) is 0 Å². The number of amides is 1. The van der Waals surface area contributed by atoms with Crippen molar-refractivity contribution in [2.24, 2.45) is 0 Å². The molecule has 2 aromatic carbocycles. The van der Waals surface area contributed by atoms with Crippen molar-refractivity contribution in [3.05, 3.63) is 90.2 Å². The molecule has 1 N–H and O–H groups in total. The molecule has 0 aliphatic rings. The Kier molecular flexibility index (Phi) is 5.52. The number of rotatable bonds is 7. The maximum absolute atomic E-state index is 12.4. The van der Waals surface area contributed by atoms with E-state index in [-0.39, 0.29) is 12.2 Å². The van der Waals surface area contributed by atoms with Crippen LogP contribution < -0.4 is 10.1 Å². The molecule has 0 atom stereocenters. The van der Waals surface area contributed by atoms with E-state index >= 15 is 0 Å². The molecule has 4 rings (SSSR count). The predicted molar refractivity (Wildman–Crippen MR) is 104 cm³/mol. The molecule has 8 heteroatoms. The molecule has 29 heavy (non-hydrogen) atoms. The van der Waals surface area contributed by atoms with Gasteiger partial charge in [0.25, 0.3) is 5.91 Å². The maximum atomic E-state index is 12.4. The van der Waals surface area contributed by atoms with Crippen LogP contribution in [0.1, 0.15) is 21.9 Å². The van der Waals surface area contributed by atoms with E-state index in [0.29, 0.717) is 24.2 Å². The summed E-state index contributed by atoms with van der Waals surface area (Å²) in [7, 11) is 0.